The number of carbonyl (C=O) groups is 1. The number of hydrogen-bond acceptors (Lipinski definition) is 5. The first-order valence-electron chi connectivity index (χ1n) is 6.93. The van der Waals surface area contributed by atoms with Crippen molar-refractivity contribution in [1.29, 1.82) is 0 Å². The molecular weight excluding hydrogens is 370 g/mol. The highest BCUT2D eigenvalue weighted by Gasteiger charge is 2.24. The molecule has 1 N–H and O–H groups in total. The number of nitro groups is 1. The molecule has 132 valence electrons. The van der Waals surface area contributed by atoms with Gasteiger partial charge in [-0.25, -0.2) is 8.42 Å². The zero-order valence-corrected chi connectivity index (χ0v) is 14.8. The summed E-state index contributed by atoms with van der Waals surface area (Å²) in [5.74, 6) is -0.281. The minimum Gasteiger partial charge on any atom is -0.326 e. The highest BCUT2D eigenvalue weighted by atomic mass is 35.5. The van der Waals surface area contributed by atoms with Crippen LogP contribution in [0, 0.1) is 10.1 Å². The van der Waals surface area contributed by atoms with Crippen molar-refractivity contribution in [2.75, 3.05) is 16.7 Å². The van der Waals surface area contributed by atoms with Gasteiger partial charge in [0.05, 0.1) is 20.5 Å². The molecule has 0 bridgehead atoms. The first-order chi connectivity index (χ1) is 11.6. The van der Waals surface area contributed by atoms with E-state index in [1.54, 1.807) is 0 Å². The Kier molecular flexibility index (Phi) is 5.29. The molecule has 0 heterocycles. The lowest BCUT2D eigenvalue weighted by molar-refractivity contribution is -0.384. The molecule has 0 radical (unpaired) electrons. The average molecular weight is 384 g/mol. The van der Waals surface area contributed by atoms with Crippen molar-refractivity contribution in [3.05, 3.63) is 57.6 Å². The molecule has 1 amide bonds. The van der Waals surface area contributed by atoms with Gasteiger partial charge in [0, 0.05) is 31.8 Å². The Morgan fingerprint density at radius 2 is 1.80 bits per heavy atom. The molecule has 25 heavy (non-hydrogen) atoms. The lowest BCUT2D eigenvalue weighted by Gasteiger charge is -2.20. The number of benzene rings is 2. The van der Waals surface area contributed by atoms with E-state index in [1.807, 2.05) is 0 Å². The molecule has 2 aromatic rings. The maximum absolute atomic E-state index is 12.7. The van der Waals surface area contributed by atoms with Gasteiger partial charge in [0.1, 0.15) is 0 Å². The zero-order valence-electron chi connectivity index (χ0n) is 13.3. The second-order valence-electron chi connectivity index (χ2n) is 5.07. The topological polar surface area (TPSA) is 110 Å². The molecule has 2 aromatic carbocycles. The first kappa shape index (κ1) is 18.7. The number of nitro benzene ring substituents is 1. The summed E-state index contributed by atoms with van der Waals surface area (Å²) < 4.78 is 26.3. The summed E-state index contributed by atoms with van der Waals surface area (Å²) in [6.07, 6.45) is 0. The maximum atomic E-state index is 12.7. The quantitative estimate of drug-likeness (QED) is 0.630. The van der Waals surface area contributed by atoms with Crippen LogP contribution in [0.1, 0.15) is 6.92 Å². The first-order valence-corrected chi connectivity index (χ1v) is 8.75. The van der Waals surface area contributed by atoms with Crippen LogP contribution in [0.5, 0.6) is 0 Å². The van der Waals surface area contributed by atoms with Crippen LogP contribution in [0.15, 0.2) is 47.4 Å². The molecule has 0 spiro atoms. The molecule has 0 saturated heterocycles. The van der Waals surface area contributed by atoms with Crippen molar-refractivity contribution in [2.24, 2.45) is 0 Å². The van der Waals surface area contributed by atoms with Gasteiger partial charge in [0.2, 0.25) is 5.91 Å². The number of hydrogen-bond donors (Lipinski definition) is 1. The van der Waals surface area contributed by atoms with Crippen molar-refractivity contribution in [3.63, 3.8) is 0 Å². The number of rotatable bonds is 5. The summed E-state index contributed by atoms with van der Waals surface area (Å²) in [6, 6.07) is 9.07. The molecule has 0 atom stereocenters. The summed E-state index contributed by atoms with van der Waals surface area (Å²) in [6.45, 7) is 1.34. The summed E-state index contributed by atoms with van der Waals surface area (Å²) in [5, 5.41) is 13.5. The standard InChI is InChI=1S/C15H14ClN3O5S/c1-10(20)17-11-3-6-13(7-4-11)25(23,24)18(2)15-9-12(19(21)22)5-8-14(15)16/h3-9H,1-2H3,(H,17,20). The van der Waals surface area contributed by atoms with Gasteiger partial charge >= 0.3 is 0 Å². The predicted molar refractivity (Wildman–Crippen MR) is 94.4 cm³/mol. The number of sulfonamides is 1. The van der Waals surface area contributed by atoms with E-state index in [2.05, 4.69) is 5.32 Å². The monoisotopic (exact) mass is 383 g/mol. The van der Waals surface area contributed by atoms with Gasteiger partial charge in [0.25, 0.3) is 15.7 Å². The van der Waals surface area contributed by atoms with Crippen molar-refractivity contribution in [1.82, 2.24) is 0 Å². The summed E-state index contributed by atoms with van der Waals surface area (Å²) in [4.78, 5) is 21.2. The second-order valence-corrected chi connectivity index (χ2v) is 7.45. The molecule has 0 aliphatic carbocycles. The van der Waals surface area contributed by atoms with Gasteiger partial charge in [-0.15, -0.1) is 0 Å². The molecule has 8 nitrogen and oxygen atoms in total. The number of carbonyl (C=O) groups excluding carboxylic acids is 1. The van der Waals surface area contributed by atoms with Crippen LogP contribution in [0.4, 0.5) is 17.1 Å². The Hall–Kier alpha value is -2.65. The molecule has 0 saturated carbocycles. The van der Waals surface area contributed by atoms with E-state index in [1.165, 1.54) is 50.4 Å². The molecule has 0 aromatic heterocycles. The largest absolute Gasteiger partial charge is 0.326 e. The number of nitrogens with zero attached hydrogens (tertiary/aromatic N) is 2. The number of amides is 1. The Morgan fingerprint density at radius 3 is 2.32 bits per heavy atom. The van der Waals surface area contributed by atoms with Gasteiger partial charge in [-0.1, -0.05) is 11.6 Å². The van der Waals surface area contributed by atoms with Crippen molar-refractivity contribution >= 4 is 44.6 Å². The fourth-order valence-corrected chi connectivity index (χ4v) is 3.56. The summed E-state index contributed by atoms with van der Waals surface area (Å²) >= 11 is 6.00. The SMILES string of the molecule is CC(=O)Nc1ccc(S(=O)(=O)N(C)c2cc([N+](=O)[O-])ccc2Cl)cc1. The molecule has 0 unspecified atom stereocenters. The molecule has 2 rings (SSSR count). The van der Waals surface area contributed by atoms with Crippen LogP contribution >= 0.6 is 11.6 Å². The Balaban J connectivity index is 2.40. The van der Waals surface area contributed by atoms with E-state index in [0.29, 0.717) is 5.69 Å². The molecule has 0 aliphatic rings. The number of halogens is 1. The van der Waals surface area contributed by atoms with E-state index in [-0.39, 0.29) is 27.2 Å². The van der Waals surface area contributed by atoms with Gasteiger partial charge in [-0.3, -0.25) is 19.2 Å². The molecule has 0 fully saturated rings. The highest BCUT2D eigenvalue weighted by Crippen LogP contribution is 2.32. The number of nitrogens with one attached hydrogen (secondary N) is 1. The lowest BCUT2D eigenvalue weighted by atomic mass is 10.3. The van der Waals surface area contributed by atoms with E-state index >= 15 is 0 Å². The van der Waals surface area contributed by atoms with Crippen LogP contribution in [0.2, 0.25) is 5.02 Å². The fraction of sp³-hybridized carbons (Fsp3) is 0.133. The van der Waals surface area contributed by atoms with Gasteiger partial charge < -0.3 is 5.32 Å². The third-order valence-corrected chi connectivity index (χ3v) is 5.42. The third kappa shape index (κ3) is 4.06. The van der Waals surface area contributed by atoms with Crippen LogP contribution < -0.4 is 9.62 Å². The van der Waals surface area contributed by atoms with Gasteiger partial charge in [0.15, 0.2) is 0 Å². The normalized spacial score (nSPS) is 11.0. The van der Waals surface area contributed by atoms with Crippen molar-refractivity contribution in [3.8, 4) is 0 Å². The predicted octanol–water partition coefficient (Wildman–Crippen LogP) is 3.03. The third-order valence-electron chi connectivity index (χ3n) is 3.31. The van der Waals surface area contributed by atoms with Crippen LogP contribution in [0.3, 0.4) is 0 Å². The Bertz CT molecular complexity index is 929. The fourth-order valence-electron chi connectivity index (χ4n) is 2.06. The zero-order chi connectivity index (χ0) is 18.8. The maximum Gasteiger partial charge on any atom is 0.271 e. The van der Waals surface area contributed by atoms with Gasteiger partial charge in [-0.05, 0) is 30.3 Å². The van der Waals surface area contributed by atoms with E-state index in [4.69, 9.17) is 11.6 Å². The second kappa shape index (κ2) is 7.08. The Labute approximate surface area is 149 Å². The van der Waals surface area contributed by atoms with Gasteiger partial charge in [-0.2, -0.15) is 0 Å². The number of non-ortho nitro benzene ring substituents is 1. The Morgan fingerprint density at radius 1 is 1.20 bits per heavy atom. The van der Waals surface area contributed by atoms with Crippen molar-refractivity contribution < 1.29 is 18.1 Å². The summed E-state index contributed by atoms with van der Waals surface area (Å²) in [5.41, 5.74) is 0.159. The average Bonchev–Trinajstić information content (AvgIpc) is 2.54. The van der Waals surface area contributed by atoms with Crippen LogP contribution in [-0.4, -0.2) is 26.3 Å². The smallest absolute Gasteiger partial charge is 0.271 e. The van der Waals surface area contributed by atoms with E-state index in [0.717, 1.165) is 10.4 Å². The molecule has 10 heteroatoms. The molecular formula is C15H14ClN3O5S. The lowest BCUT2D eigenvalue weighted by Crippen LogP contribution is -2.27. The molecule has 0 aliphatic heterocycles. The van der Waals surface area contributed by atoms with Crippen LogP contribution in [0.25, 0.3) is 0 Å². The summed E-state index contributed by atoms with van der Waals surface area (Å²) in [7, 11) is -2.74. The van der Waals surface area contributed by atoms with E-state index < -0.39 is 14.9 Å². The van der Waals surface area contributed by atoms with Crippen LogP contribution in [-0.2, 0) is 14.8 Å². The minimum absolute atomic E-state index is 0.0122. The van der Waals surface area contributed by atoms with E-state index in [9.17, 15) is 23.3 Å². The minimum atomic E-state index is -3.99. The number of anilines is 2. The highest BCUT2D eigenvalue weighted by molar-refractivity contribution is 7.92. The van der Waals surface area contributed by atoms with Crippen molar-refractivity contribution in [2.45, 2.75) is 11.8 Å².